The number of hydrogen-bond donors (Lipinski definition) is 0. The molecular formula is C9H8ClF2NO2. The Balaban J connectivity index is 3.12. The van der Waals surface area contributed by atoms with Crippen molar-refractivity contribution in [3.8, 4) is 0 Å². The lowest BCUT2D eigenvalue weighted by Gasteiger charge is -2.11. The number of alkyl halides is 3. The summed E-state index contributed by atoms with van der Waals surface area (Å²) in [6.45, 7) is 1.67. The van der Waals surface area contributed by atoms with Crippen LogP contribution in [0.25, 0.3) is 0 Å². The third-order valence-electron chi connectivity index (χ3n) is 1.57. The molecule has 0 atom stereocenters. The highest BCUT2D eigenvalue weighted by Gasteiger charge is 2.34. The lowest BCUT2D eigenvalue weighted by molar-refractivity contribution is 0.0494. The van der Waals surface area contributed by atoms with Gasteiger partial charge in [-0.3, -0.25) is 4.98 Å². The molecule has 0 radical (unpaired) electrons. The number of hydrogen-bond acceptors (Lipinski definition) is 3. The molecule has 3 nitrogen and oxygen atoms in total. The molecule has 0 aromatic carbocycles. The number of aromatic nitrogens is 1. The van der Waals surface area contributed by atoms with Gasteiger partial charge < -0.3 is 4.74 Å². The number of pyridine rings is 1. The van der Waals surface area contributed by atoms with Gasteiger partial charge in [0.05, 0.1) is 12.2 Å². The smallest absolute Gasteiger partial charge is 0.365 e. The number of halogens is 3. The molecule has 0 N–H and O–H groups in total. The molecule has 82 valence electrons. The molecule has 0 spiro atoms. The SMILES string of the molecule is CCOC(=O)c1cccnc1C(F)(F)Cl. The largest absolute Gasteiger partial charge is 0.462 e. The first-order chi connectivity index (χ1) is 6.96. The molecular weight excluding hydrogens is 228 g/mol. The van der Waals surface area contributed by atoms with Crippen LogP contribution in [0.1, 0.15) is 23.0 Å². The number of ether oxygens (including phenoxy) is 1. The fourth-order valence-electron chi connectivity index (χ4n) is 1.00. The summed E-state index contributed by atoms with van der Waals surface area (Å²) in [6.07, 6.45) is 1.13. The van der Waals surface area contributed by atoms with Gasteiger partial charge >= 0.3 is 11.4 Å². The first-order valence-electron chi connectivity index (χ1n) is 4.16. The lowest BCUT2D eigenvalue weighted by Crippen LogP contribution is -2.16. The standard InChI is InChI=1S/C9H8ClF2NO2/c1-2-15-8(14)6-4-3-5-13-7(6)9(10,11)12/h3-5H,2H2,1H3. The van der Waals surface area contributed by atoms with Crippen LogP contribution in [0.15, 0.2) is 18.3 Å². The third-order valence-corrected chi connectivity index (χ3v) is 1.75. The predicted octanol–water partition coefficient (Wildman–Crippen LogP) is 2.55. The minimum atomic E-state index is -3.68. The van der Waals surface area contributed by atoms with Crippen molar-refractivity contribution in [3.05, 3.63) is 29.6 Å². The minimum absolute atomic E-state index is 0.0982. The fourth-order valence-corrected chi connectivity index (χ4v) is 1.16. The van der Waals surface area contributed by atoms with Gasteiger partial charge in [-0.15, -0.1) is 0 Å². The molecule has 0 saturated carbocycles. The van der Waals surface area contributed by atoms with Crippen molar-refractivity contribution in [3.63, 3.8) is 0 Å². The molecule has 15 heavy (non-hydrogen) atoms. The lowest BCUT2D eigenvalue weighted by atomic mass is 10.2. The van der Waals surface area contributed by atoms with Crippen molar-refractivity contribution >= 4 is 17.6 Å². The number of carbonyl (C=O) groups is 1. The zero-order valence-electron chi connectivity index (χ0n) is 7.84. The van der Waals surface area contributed by atoms with E-state index in [2.05, 4.69) is 9.72 Å². The molecule has 0 fully saturated rings. The van der Waals surface area contributed by atoms with Gasteiger partial charge in [-0.1, -0.05) is 0 Å². The summed E-state index contributed by atoms with van der Waals surface area (Å²) >= 11 is 4.80. The van der Waals surface area contributed by atoms with Crippen LogP contribution in [0.3, 0.4) is 0 Å². The van der Waals surface area contributed by atoms with Gasteiger partial charge in [0.1, 0.15) is 5.69 Å². The molecule has 1 aromatic rings. The van der Waals surface area contributed by atoms with Crippen LogP contribution in [-0.4, -0.2) is 17.6 Å². The van der Waals surface area contributed by atoms with Crippen molar-refractivity contribution in [1.82, 2.24) is 4.98 Å². The average Bonchev–Trinajstić information content (AvgIpc) is 2.17. The average molecular weight is 236 g/mol. The number of nitrogens with zero attached hydrogens (tertiary/aromatic N) is 1. The van der Waals surface area contributed by atoms with E-state index in [1.54, 1.807) is 6.92 Å². The van der Waals surface area contributed by atoms with E-state index in [0.29, 0.717) is 0 Å². The van der Waals surface area contributed by atoms with Crippen LogP contribution in [-0.2, 0) is 10.1 Å². The van der Waals surface area contributed by atoms with E-state index in [0.717, 1.165) is 6.20 Å². The molecule has 0 amide bonds. The van der Waals surface area contributed by atoms with Gasteiger partial charge in [-0.2, -0.15) is 8.78 Å². The fraction of sp³-hybridized carbons (Fsp3) is 0.333. The maximum atomic E-state index is 12.8. The van der Waals surface area contributed by atoms with Crippen LogP contribution in [0.5, 0.6) is 0 Å². The van der Waals surface area contributed by atoms with Gasteiger partial charge in [-0.05, 0) is 30.7 Å². The number of carbonyl (C=O) groups excluding carboxylic acids is 1. The normalized spacial score (nSPS) is 11.2. The van der Waals surface area contributed by atoms with Gasteiger partial charge in [0.15, 0.2) is 0 Å². The van der Waals surface area contributed by atoms with E-state index in [9.17, 15) is 13.6 Å². The second kappa shape index (κ2) is 4.53. The monoisotopic (exact) mass is 235 g/mol. The summed E-state index contributed by atoms with van der Waals surface area (Å²) in [5, 5.41) is -3.68. The van der Waals surface area contributed by atoms with Crippen molar-refractivity contribution in [2.45, 2.75) is 12.3 Å². The summed E-state index contributed by atoms with van der Waals surface area (Å²) < 4.78 is 30.2. The first-order valence-corrected chi connectivity index (χ1v) is 4.54. The van der Waals surface area contributed by atoms with Gasteiger partial charge in [0.25, 0.3) is 0 Å². The Bertz CT molecular complexity index is 365. The molecule has 0 aliphatic heterocycles. The Morgan fingerprint density at radius 3 is 2.87 bits per heavy atom. The van der Waals surface area contributed by atoms with E-state index >= 15 is 0 Å². The molecule has 1 aromatic heterocycles. The van der Waals surface area contributed by atoms with E-state index in [1.807, 2.05) is 0 Å². The van der Waals surface area contributed by atoms with E-state index in [-0.39, 0.29) is 12.2 Å². The van der Waals surface area contributed by atoms with Crippen molar-refractivity contribution < 1.29 is 18.3 Å². The Hall–Kier alpha value is -1.23. The van der Waals surface area contributed by atoms with Crippen molar-refractivity contribution in [2.24, 2.45) is 0 Å². The van der Waals surface area contributed by atoms with E-state index < -0.39 is 17.0 Å². The zero-order chi connectivity index (χ0) is 11.5. The van der Waals surface area contributed by atoms with E-state index in [4.69, 9.17) is 11.6 Å². The van der Waals surface area contributed by atoms with Crippen LogP contribution >= 0.6 is 11.6 Å². The van der Waals surface area contributed by atoms with Gasteiger partial charge in [0, 0.05) is 6.20 Å². The van der Waals surface area contributed by atoms with Crippen LogP contribution in [0.2, 0.25) is 0 Å². The van der Waals surface area contributed by atoms with Crippen LogP contribution < -0.4 is 0 Å². The Morgan fingerprint density at radius 2 is 2.33 bits per heavy atom. The Kier molecular flexibility index (Phi) is 3.57. The molecule has 0 aliphatic carbocycles. The van der Waals surface area contributed by atoms with Gasteiger partial charge in [0.2, 0.25) is 0 Å². The highest BCUT2D eigenvalue weighted by Crippen LogP contribution is 2.33. The highest BCUT2D eigenvalue weighted by atomic mass is 35.5. The number of esters is 1. The second-order valence-electron chi connectivity index (χ2n) is 2.62. The first kappa shape index (κ1) is 11.8. The molecule has 0 unspecified atom stereocenters. The predicted molar refractivity (Wildman–Crippen MR) is 49.9 cm³/mol. The van der Waals surface area contributed by atoms with Crippen molar-refractivity contribution in [1.29, 1.82) is 0 Å². The summed E-state index contributed by atoms with van der Waals surface area (Å²) in [5.41, 5.74) is -1.11. The van der Waals surface area contributed by atoms with E-state index in [1.165, 1.54) is 12.1 Å². The Morgan fingerprint density at radius 1 is 1.67 bits per heavy atom. The minimum Gasteiger partial charge on any atom is -0.462 e. The van der Waals surface area contributed by atoms with Crippen LogP contribution in [0, 0.1) is 0 Å². The molecule has 0 bridgehead atoms. The summed E-state index contributed by atoms with van der Waals surface area (Å²) in [7, 11) is 0. The topological polar surface area (TPSA) is 39.2 Å². The molecule has 1 rings (SSSR count). The molecule has 6 heteroatoms. The van der Waals surface area contributed by atoms with Crippen molar-refractivity contribution in [2.75, 3.05) is 6.61 Å². The molecule has 0 aliphatic rings. The maximum absolute atomic E-state index is 12.8. The summed E-state index contributed by atoms with van der Waals surface area (Å²) in [6, 6.07) is 2.55. The zero-order valence-corrected chi connectivity index (χ0v) is 8.59. The Labute approximate surface area is 90.0 Å². The maximum Gasteiger partial charge on any atom is 0.365 e. The number of rotatable bonds is 3. The highest BCUT2D eigenvalue weighted by molar-refractivity contribution is 6.22. The summed E-state index contributed by atoms with van der Waals surface area (Å²) in [5.74, 6) is -0.860. The quantitative estimate of drug-likeness (QED) is 0.597. The van der Waals surface area contributed by atoms with Crippen LogP contribution in [0.4, 0.5) is 8.78 Å². The third kappa shape index (κ3) is 2.86. The second-order valence-corrected chi connectivity index (χ2v) is 3.09. The molecule has 0 saturated heterocycles. The van der Waals surface area contributed by atoms with Gasteiger partial charge in [-0.25, -0.2) is 4.79 Å². The molecule has 1 heterocycles. The summed E-state index contributed by atoms with van der Waals surface area (Å²) in [4.78, 5) is 14.6.